The maximum atomic E-state index is 13.6. The van der Waals surface area contributed by atoms with Gasteiger partial charge in [0.05, 0.1) is 36.2 Å². The van der Waals surface area contributed by atoms with Crippen LogP contribution in [0.15, 0.2) is 29.1 Å². The normalized spacial score (nSPS) is 13.0. The second-order valence-corrected chi connectivity index (χ2v) is 6.96. The predicted molar refractivity (Wildman–Crippen MR) is 112 cm³/mol. The third-order valence-electron chi connectivity index (χ3n) is 5.70. The van der Waals surface area contributed by atoms with Gasteiger partial charge in [0.25, 0.3) is 5.56 Å². The number of rotatable bonds is 4. The van der Waals surface area contributed by atoms with E-state index in [1.54, 1.807) is 18.8 Å². The molecule has 150 valence electrons. The van der Waals surface area contributed by atoms with Gasteiger partial charge in [0.2, 0.25) is 6.79 Å². The number of hydrogen-bond acceptors (Lipinski definition) is 5. The summed E-state index contributed by atoms with van der Waals surface area (Å²) in [4.78, 5) is 13.6. The Bertz CT molecular complexity index is 1350. The molecule has 0 aliphatic carbocycles. The third-order valence-corrected chi connectivity index (χ3v) is 5.70. The minimum atomic E-state index is -0.0294. The number of benzene rings is 2. The summed E-state index contributed by atoms with van der Waals surface area (Å²) in [6, 6.07) is 7.71. The molecule has 29 heavy (non-hydrogen) atoms. The fourth-order valence-electron chi connectivity index (χ4n) is 4.40. The van der Waals surface area contributed by atoms with Gasteiger partial charge >= 0.3 is 0 Å². The summed E-state index contributed by atoms with van der Waals surface area (Å²) >= 11 is 0. The van der Waals surface area contributed by atoms with E-state index in [0.717, 1.165) is 27.3 Å². The molecule has 0 N–H and O–H groups in total. The first-order chi connectivity index (χ1) is 14.1. The largest absolute Gasteiger partial charge is 0.493 e. The average molecular weight is 394 g/mol. The molecular weight excluding hydrogens is 372 g/mol. The number of hydrogen-bond donors (Lipinski definition) is 0. The quantitative estimate of drug-likeness (QED) is 0.525. The van der Waals surface area contributed by atoms with Crippen LogP contribution in [0.3, 0.4) is 0 Å². The Kier molecular flexibility index (Phi) is 3.87. The van der Waals surface area contributed by atoms with Crippen LogP contribution < -0.4 is 24.5 Å². The first-order valence-electron chi connectivity index (χ1n) is 9.66. The number of methoxy groups -OCH3 is 2. The van der Waals surface area contributed by atoms with Crippen molar-refractivity contribution < 1.29 is 18.9 Å². The van der Waals surface area contributed by atoms with Gasteiger partial charge in [0.1, 0.15) is 0 Å². The first kappa shape index (κ1) is 17.7. The monoisotopic (exact) mass is 394 g/mol. The van der Waals surface area contributed by atoms with Crippen LogP contribution in [0.25, 0.3) is 32.7 Å². The van der Waals surface area contributed by atoms with Crippen molar-refractivity contribution in [3.05, 3.63) is 34.6 Å². The van der Waals surface area contributed by atoms with Crippen LogP contribution in [0, 0.1) is 0 Å². The van der Waals surface area contributed by atoms with Crippen molar-refractivity contribution in [1.29, 1.82) is 0 Å². The van der Waals surface area contributed by atoms with Crippen LogP contribution in [0.4, 0.5) is 0 Å². The van der Waals surface area contributed by atoms with Crippen LogP contribution >= 0.6 is 0 Å². The van der Waals surface area contributed by atoms with Crippen LogP contribution in [0.1, 0.15) is 13.8 Å². The standard InChI is InChI=1S/C22H22N2O5/c1-5-23-14-10-19-18(28-11-29-19)7-12(14)20-21(23)13-8-16(26-3)17(27-4)9-15(13)24(6-2)22(20)25/h7-10H,5-6,11H2,1-4H3. The molecule has 0 saturated carbocycles. The molecule has 0 spiro atoms. The van der Waals surface area contributed by atoms with E-state index >= 15 is 0 Å². The van der Waals surface area contributed by atoms with Crippen molar-refractivity contribution in [3.8, 4) is 23.0 Å². The van der Waals surface area contributed by atoms with Gasteiger partial charge in [-0.3, -0.25) is 4.79 Å². The fraction of sp³-hybridized carbons (Fsp3) is 0.318. The molecule has 1 aliphatic rings. The number of ether oxygens (including phenoxy) is 4. The summed E-state index contributed by atoms with van der Waals surface area (Å²) in [7, 11) is 3.21. The molecule has 0 unspecified atom stereocenters. The van der Waals surface area contributed by atoms with Gasteiger partial charge in [-0.2, -0.15) is 0 Å². The van der Waals surface area contributed by atoms with Crippen molar-refractivity contribution in [2.24, 2.45) is 0 Å². The maximum absolute atomic E-state index is 13.6. The predicted octanol–water partition coefficient (Wildman–Crippen LogP) is 3.90. The summed E-state index contributed by atoms with van der Waals surface area (Å²) < 4.78 is 26.1. The second kappa shape index (κ2) is 6.34. The maximum Gasteiger partial charge on any atom is 0.261 e. The zero-order valence-electron chi connectivity index (χ0n) is 16.9. The number of fused-ring (bicyclic) bond motifs is 6. The Morgan fingerprint density at radius 3 is 2.14 bits per heavy atom. The minimum absolute atomic E-state index is 0.0294. The molecule has 0 atom stereocenters. The van der Waals surface area contributed by atoms with Crippen LogP contribution in [-0.2, 0) is 13.1 Å². The average Bonchev–Trinajstić information content (AvgIpc) is 3.33. The van der Waals surface area contributed by atoms with Gasteiger partial charge in [-0.15, -0.1) is 0 Å². The van der Waals surface area contributed by atoms with E-state index in [4.69, 9.17) is 18.9 Å². The topological polar surface area (TPSA) is 63.9 Å². The van der Waals surface area contributed by atoms with E-state index in [2.05, 4.69) is 11.5 Å². The molecule has 7 heteroatoms. The molecule has 0 bridgehead atoms. The zero-order valence-corrected chi connectivity index (χ0v) is 16.9. The van der Waals surface area contributed by atoms with Crippen molar-refractivity contribution in [2.45, 2.75) is 26.9 Å². The molecule has 2 aromatic carbocycles. The first-order valence-corrected chi connectivity index (χ1v) is 9.66. The Labute approximate surface area is 166 Å². The molecule has 0 radical (unpaired) electrons. The molecule has 1 aliphatic heterocycles. The molecule has 2 aromatic heterocycles. The Hall–Kier alpha value is -3.35. The van der Waals surface area contributed by atoms with Gasteiger partial charge in [-0.1, -0.05) is 0 Å². The number of aromatic nitrogens is 2. The third kappa shape index (κ3) is 2.27. The van der Waals surface area contributed by atoms with Gasteiger partial charge < -0.3 is 28.1 Å². The summed E-state index contributed by atoms with van der Waals surface area (Å²) in [5.41, 5.74) is 2.63. The van der Waals surface area contributed by atoms with Crippen LogP contribution in [0.5, 0.6) is 23.0 Å². The summed E-state index contributed by atoms with van der Waals surface area (Å²) in [6.45, 7) is 5.49. The van der Waals surface area contributed by atoms with E-state index in [0.29, 0.717) is 41.5 Å². The summed E-state index contributed by atoms with van der Waals surface area (Å²) in [6.07, 6.45) is 0. The highest BCUT2D eigenvalue weighted by Crippen LogP contribution is 2.42. The van der Waals surface area contributed by atoms with Crippen molar-refractivity contribution in [2.75, 3.05) is 21.0 Å². The molecule has 0 saturated heterocycles. The van der Waals surface area contributed by atoms with E-state index < -0.39 is 0 Å². The molecule has 0 fully saturated rings. The van der Waals surface area contributed by atoms with Crippen LogP contribution in [0.2, 0.25) is 0 Å². The minimum Gasteiger partial charge on any atom is -0.493 e. The second-order valence-electron chi connectivity index (χ2n) is 6.96. The van der Waals surface area contributed by atoms with E-state index in [9.17, 15) is 4.79 Å². The highest BCUT2D eigenvalue weighted by atomic mass is 16.7. The molecule has 0 amide bonds. The van der Waals surface area contributed by atoms with Crippen LogP contribution in [-0.4, -0.2) is 30.1 Å². The van der Waals surface area contributed by atoms with Crippen molar-refractivity contribution >= 4 is 32.7 Å². The van der Waals surface area contributed by atoms with Gasteiger partial charge in [-0.25, -0.2) is 0 Å². The lowest BCUT2D eigenvalue weighted by Gasteiger charge is -2.15. The van der Waals surface area contributed by atoms with Gasteiger partial charge in [0.15, 0.2) is 23.0 Å². The van der Waals surface area contributed by atoms with E-state index in [1.807, 2.05) is 31.2 Å². The SMILES string of the molecule is CCn1c(=O)c2c3cc4c(cc3n(CC)c2c2cc(OC)c(OC)cc21)OCO4. The number of aryl methyl sites for hydroxylation is 2. The smallest absolute Gasteiger partial charge is 0.261 e. The highest BCUT2D eigenvalue weighted by Gasteiger charge is 2.24. The van der Waals surface area contributed by atoms with Gasteiger partial charge in [0, 0.05) is 36.0 Å². The van der Waals surface area contributed by atoms with Gasteiger partial charge in [-0.05, 0) is 26.0 Å². The molecule has 4 aromatic rings. The molecule has 7 nitrogen and oxygen atoms in total. The van der Waals surface area contributed by atoms with E-state index in [-0.39, 0.29) is 12.4 Å². The number of nitrogens with zero attached hydrogens (tertiary/aromatic N) is 2. The summed E-state index contributed by atoms with van der Waals surface area (Å²) in [5.74, 6) is 2.60. The molecule has 5 rings (SSSR count). The lowest BCUT2D eigenvalue weighted by atomic mass is 10.1. The lowest BCUT2D eigenvalue weighted by molar-refractivity contribution is 0.174. The lowest BCUT2D eigenvalue weighted by Crippen LogP contribution is -2.20. The van der Waals surface area contributed by atoms with Crippen molar-refractivity contribution in [1.82, 2.24) is 9.13 Å². The number of pyridine rings is 1. The Morgan fingerprint density at radius 2 is 1.48 bits per heavy atom. The summed E-state index contributed by atoms with van der Waals surface area (Å²) in [5, 5.41) is 2.50. The highest BCUT2D eigenvalue weighted by molar-refractivity contribution is 6.17. The van der Waals surface area contributed by atoms with Crippen molar-refractivity contribution in [3.63, 3.8) is 0 Å². The Morgan fingerprint density at radius 1 is 0.862 bits per heavy atom. The Balaban J connectivity index is 2.07. The fourth-order valence-corrected chi connectivity index (χ4v) is 4.40. The van der Waals surface area contributed by atoms with E-state index in [1.165, 1.54) is 0 Å². The molecular formula is C22H22N2O5. The molecule has 3 heterocycles. The zero-order chi connectivity index (χ0) is 20.3.